The van der Waals surface area contributed by atoms with Gasteiger partial charge in [-0.05, 0) is 12.8 Å². The van der Waals surface area contributed by atoms with E-state index < -0.39 is 17.4 Å². The van der Waals surface area contributed by atoms with Crippen molar-refractivity contribution < 1.29 is 24.2 Å². The maximum atomic E-state index is 11.6. The lowest BCUT2D eigenvalue weighted by atomic mass is 9.86. The average Bonchev–Trinajstić information content (AvgIpc) is 2.93. The van der Waals surface area contributed by atoms with Crippen LogP contribution in [-0.2, 0) is 14.3 Å². The van der Waals surface area contributed by atoms with Crippen molar-refractivity contribution in [2.24, 2.45) is 5.41 Å². The summed E-state index contributed by atoms with van der Waals surface area (Å²) in [5.74, 6) is -1.20. The number of urea groups is 1. The van der Waals surface area contributed by atoms with E-state index in [1.54, 1.807) is 0 Å². The van der Waals surface area contributed by atoms with Gasteiger partial charge >= 0.3 is 12.0 Å². The molecule has 0 atom stereocenters. The van der Waals surface area contributed by atoms with Crippen LogP contribution in [0.5, 0.6) is 0 Å². The summed E-state index contributed by atoms with van der Waals surface area (Å²) < 4.78 is 4.78. The first-order valence-corrected chi connectivity index (χ1v) is 7.01. The SMILES string of the molecule is COCCNC(=O)CNC(=O)NCC1(C(=O)O)CCCC1. The minimum Gasteiger partial charge on any atom is -0.481 e. The first kappa shape index (κ1) is 17.2. The van der Waals surface area contributed by atoms with E-state index in [-0.39, 0.29) is 19.0 Å². The summed E-state index contributed by atoms with van der Waals surface area (Å²) in [6, 6.07) is -0.538. The zero-order chi connectivity index (χ0) is 15.7. The summed E-state index contributed by atoms with van der Waals surface area (Å²) in [7, 11) is 1.53. The van der Waals surface area contributed by atoms with Crippen LogP contribution >= 0.6 is 0 Å². The van der Waals surface area contributed by atoms with Gasteiger partial charge in [0.1, 0.15) is 0 Å². The Labute approximate surface area is 123 Å². The minimum absolute atomic E-state index is 0.0828. The van der Waals surface area contributed by atoms with Gasteiger partial charge in [0.2, 0.25) is 5.91 Å². The van der Waals surface area contributed by atoms with Crippen molar-refractivity contribution in [3.63, 3.8) is 0 Å². The molecular weight excluding hydrogens is 278 g/mol. The van der Waals surface area contributed by atoms with Crippen molar-refractivity contribution in [1.29, 1.82) is 0 Å². The molecule has 0 aromatic carbocycles. The summed E-state index contributed by atoms with van der Waals surface area (Å²) in [6.07, 6.45) is 2.86. The molecule has 1 rings (SSSR count). The number of nitrogens with one attached hydrogen (secondary N) is 3. The number of carbonyl (C=O) groups is 3. The highest BCUT2D eigenvalue weighted by Crippen LogP contribution is 2.37. The summed E-state index contributed by atoms with van der Waals surface area (Å²) in [5, 5.41) is 16.8. The van der Waals surface area contributed by atoms with Gasteiger partial charge in [0.05, 0.1) is 18.6 Å². The summed E-state index contributed by atoms with van der Waals surface area (Å²) in [6.45, 7) is 0.703. The molecule has 0 unspecified atom stereocenters. The third-order valence-corrected chi connectivity index (χ3v) is 3.64. The summed E-state index contributed by atoms with van der Waals surface area (Å²) in [5.41, 5.74) is -0.863. The Morgan fingerprint density at radius 1 is 1.14 bits per heavy atom. The molecule has 1 saturated carbocycles. The number of amides is 3. The summed E-state index contributed by atoms with van der Waals surface area (Å²) in [4.78, 5) is 34.2. The lowest BCUT2D eigenvalue weighted by Crippen LogP contribution is -2.47. The highest BCUT2D eigenvalue weighted by Gasteiger charge is 2.41. The second-order valence-electron chi connectivity index (χ2n) is 5.17. The van der Waals surface area contributed by atoms with Crippen molar-refractivity contribution in [3.05, 3.63) is 0 Å². The van der Waals surface area contributed by atoms with Crippen LogP contribution in [0.2, 0.25) is 0 Å². The number of methoxy groups -OCH3 is 1. The normalized spacial score (nSPS) is 16.2. The zero-order valence-corrected chi connectivity index (χ0v) is 12.2. The maximum absolute atomic E-state index is 11.6. The third kappa shape index (κ3) is 5.58. The fourth-order valence-electron chi connectivity index (χ4n) is 2.35. The fourth-order valence-corrected chi connectivity index (χ4v) is 2.35. The number of rotatable bonds is 8. The Morgan fingerprint density at radius 2 is 1.81 bits per heavy atom. The standard InChI is InChI=1S/C13H23N3O5/c1-21-7-6-14-10(17)8-15-12(20)16-9-13(11(18)19)4-2-3-5-13/h2-9H2,1H3,(H,14,17)(H,18,19)(H2,15,16,20). The Bertz CT molecular complexity index is 380. The van der Waals surface area contributed by atoms with E-state index in [9.17, 15) is 19.5 Å². The predicted molar refractivity (Wildman–Crippen MR) is 74.8 cm³/mol. The second-order valence-corrected chi connectivity index (χ2v) is 5.17. The molecule has 0 aromatic rings. The van der Waals surface area contributed by atoms with E-state index in [0.717, 1.165) is 12.8 Å². The summed E-state index contributed by atoms with van der Waals surface area (Å²) >= 11 is 0. The molecule has 1 aliphatic rings. The van der Waals surface area contributed by atoms with Crippen LogP contribution < -0.4 is 16.0 Å². The van der Waals surface area contributed by atoms with Crippen LogP contribution in [0.4, 0.5) is 4.79 Å². The molecule has 0 saturated heterocycles. The van der Waals surface area contributed by atoms with Crippen molar-refractivity contribution in [2.45, 2.75) is 25.7 Å². The molecule has 8 heteroatoms. The number of ether oxygens (including phenoxy) is 1. The Kier molecular flexibility index (Phi) is 6.93. The number of hydrogen-bond acceptors (Lipinski definition) is 4. The van der Waals surface area contributed by atoms with Gasteiger partial charge in [-0.1, -0.05) is 12.8 Å². The molecule has 1 aliphatic carbocycles. The molecule has 3 amide bonds. The van der Waals surface area contributed by atoms with E-state index in [0.29, 0.717) is 26.0 Å². The molecule has 120 valence electrons. The molecule has 0 radical (unpaired) electrons. The number of carbonyl (C=O) groups excluding carboxylic acids is 2. The van der Waals surface area contributed by atoms with Crippen molar-refractivity contribution in [1.82, 2.24) is 16.0 Å². The molecule has 0 spiro atoms. The van der Waals surface area contributed by atoms with E-state index in [2.05, 4.69) is 16.0 Å². The lowest BCUT2D eigenvalue weighted by Gasteiger charge is -2.23. The molecular formula is C13H23N3O5. The molecule has 0 aromatic heterocycles. The van der Waals surface area contributed by atoms with Gasteiger partial charge < -0.3 is 25.8 Å². The Morgan fingerprint density at radius 3 is 2.38 bits per heavy atom. The van der Waals surface area contributed by atoms with Gasteiger partial charge in [-0.25, -0.2) is 4.79 Å². The van der Waals surface area contributed by atoms with Crippen LogP contribution in [-0.4, -0.2) is 56.4 Å². The molecule has 0 heterocycles. The number of carboxylic acids is 1. The highest BCUT2D eigenvalue weighted by atomic mass is 16.5. The topological polar surface area (TPSA) is 117 Å². The lowest BCUT2D eigenvalue weighted by molar-refractivity contribution is -0.148. The smallest absolute Gasteiger partial charge is 0.315 e. The van der Waals surface area contributed by atoms with Gasteiger partial charge in [0.25, 0.3) is 0 Å². The first-order chi connectivity index (χ1) is 10.00. The van der Waals surface area contributed by atoms with Crippen LogP contribution in [0.3, 0.4) is 0 Å². The van der Waals surface area contributed by atoms with Gasteiger partial charge in [-0.2, -0.15) is 0 Å². The molecule has 21 heavy (non-hydrogen) atoms. The van der Waals surface area contributed by atoms with E-state index >= 15 is 0 Å². The van der Waals surface area contributed by atoms with Crippen LogP contribution in [0, 0.1) is 5.41 Å². The quantitative estimate of drug-likeness (QED) is 0.459. The maximum Gasteiger partial charge on any atom is 0.315 e. The number of carboxylic acid groups (broad SMARTS) is 1. The molecule has 1 fully saturated rings. The average molecular weight is 301 g/mol. The molecule has 0 bridgehead atoms. The van der Waals surface area contributed by atoms with Gasteiger partial charge in [-0.3, -0.25) is 9.59 Å². The van der Waals surface area contributed by atoms with E-state index in [1.165, 1.54) is 7.11 Å². The Hall–Kier alpha value is -1.83. The van der Waals surface area contributed by atoms with Gasteiger partial charge in [-0.15, -0.1) is 0 Å². The second kappa shape index (κ2) is 8.46. The van der Waals surface area contributed by atoms with E-state index in [1.807, 2.05) is 0 Å². The largest absolute Gasteiger partial charge is 0.481 e. The monoisotopic (exact) mass is 301 g/mol. The molecule has 4 N–H and O–H groups in total. The van der Waals surface area contributed by atoms with Crippen molar-refractivity contribution >= 4 is 17.9 Å². The highest BCUT2D eigenvalue weighted by molar-refractivity contribution is 5.84. The van der Waals surface area contributed by atoms with Crippen molar-refractivity contribution in [2.75, 3.05) is 33.4 Å². The van der Waals surface area contributed by atoms with Gasteiger partial charge in [0, 0.05) is 20.2 Å². The van der Waals surface area contributed by atoms with Crippen LogP contribution in [0.25, 0.3) is 0 Å². The zero-order valence-electron chi connectivity index (χ0n) is 12.2. The third-order valence-electron chi connectivity index (χ3n) is 3.64. The number of aliphatic carboxylic acids is 1. The fraction of sp³-hybridized carbons (Fsp3) is 0.769. The van der Waals surface area contributed by atoms with Gasteiger partial charge in [0.15, 0.2) is 0 Å². The van der Waals surface area contributed by atoms with Crippen LogP contribution in [0.15, 0.2) is 0 Å². The molecule has 8 nitrogen and oxygen atoms in total. The number of hydrogen-bond donors (Lipinski definition) is 4. The van der Waals surface area contributed by atoms with E-state index in [4.69, 9.17) is 4.74 Å². The molecule has 0 aliphatic heterocycles. The first-order valence-electron chi connectivity index (χ1n) is 7.01. The van der Waals surface area contributed by atoms with Crippen LogP contribution in [0.1, 0.15) is 25.7 Å². The minimum atomic E-state index is -0.877. The van der Waals surface area contributed by atoms with Crippen molar-refractivity contribution in [3.8, 4) is 0 Å². The predicted octanol–water partition coefficient (Wildman–Crippen LogP) is -0.307. The Balaban J connectivity index is 2.24.